The Balaban J connectivity index is 1.82. The van der Waals surface area contributed by atoms with Crippen molar-refractivity contribution in [1.82, 2.24) is 16.0 Å². The summed E-state index contributed by atoms with van der Waals surface area (Å²) >= 11 is 11.5. The highest BCUT2D eigenvalue weighted by molar-refractivity contribution is 6.30. The lowest BCUT2D eigenvalue weighted by atomic mass is 10.1. The van der Waals surface area contributed by atoms with Crippen molar-refractivity contribution in [2.75, 3.05) is 11.2 Å². The largest absolute Gasteiger partial charge is 0.334 e. The van der Waals surface area contributed by atoms with Gasteiger partial charge in [-0.1, -0.05) is 60.7 Å². The van der Waals surface area contributed by atoms with Crippen LogP contribution in [0.4, 0.5) is 15.3 Å². The van der Waals surface area contributed by atoms with Gasteiger partial charge < -0.3 is 21.3 Å². The SMILES string of the molecule is C=CC(=CC=CCCl)NC(=O)NCc1cccc(CNC(=O)Nc2cccc(Cl)c2)c1. The summed E-state index contributed by atoms with van der Waals surface area (Å²) in [5, 5.41) is 11.5. The second-order valence-corrected chi connectivity index (χ2v) is 7.10. The van der Waals surface area contributed by atoms with Gasteiger partial charge in [-0.3, -0.25) is 0 Å². The lowest BCUT2D eigenvalue weighted by Crippen LogP contribution is -2.34. The van der Waals surface area contributed by atoms with Gasteiger partial charge in [0.15, 0.2) is 0 Å². The molecule has 162 valence electrons. The van der Waals surface area contributed by atoms with Gasteiger partial charge >= 0.3 is 12.1 Å². The topological polar surface area (TPSA) is 82.3 Å². The third kappa shape index (κ3) is 9.42. The first kappa shape index (κ1) is 24.1. The predicted octanol–water partition coefficient (Wildman–Crippen LogP) is 5.33. The van der Waals surface area contributed by atoms with E-state index in [0.717, 1.165) is 11.1 Å². The molecule has 4 N–H and O–H groups in total. The molecule has 2 aromatic rings. The molecule has 8 heteroatoms. The number of carbonyl (C=O) groups excluding carboxylic acids is 2. The van der Waals surface area contributed by atoms with Crippen LogP contribution in [0.5, 0.6) is 0 Å². The normalized spacial score (nSPS) is 11.1. The van der Waals surface area contributed by atoms with Crippen molar-refractivity contribution in [3.8, 4) is 0 Å². The van der Waals surface area contributed by atoms with Crippen LogP contribution < -0.4 is 21.3 Å². The van der Waals surface area contributed by atoms with Crippen LogP contribution in [0.15, 0.2) is 85.1 Å². The number of allylic oxidation sites excluding steroid dienone is 4. The highest BCUT2D eigenvalue weighted by Gasteiger charge is 2.05. The zero-order valence-electron chi connectivity index (χ0n) is 16.8. The smallest absolute Gasteiger partial charge is 0.319 e. The Morgan fingerprint density at radius 3 is 2.29 bits per heavy atom. The molecule has 0 spiro atoms. The van der Waals surface area contributed by atoms with Gasteiger partial charge in [-0.15, -0.1) is 11.6 Å². The number of benzene rings is 2. The monoisotopic (exact) mass is 458 g/mol. The highest BCUT2D eigenvalue weighted by Crippen LogP contribution is 2.14. The van der Waals surface area contributed by atoms with Crippen molar-refractivity contribution >= 4 is 41.0 Å². The van der Waals surface area contributed by atoms with Crippen LogP contribution in [0.1, 0.15) is 11.1 Å². The standard InChI is InChI=1S/C23H24Cl2N4O2/c1-2-20(10-3-4-12-24)28-22(30)26-15-17-7-5-8-18(13-17)16-27-23(31)29-21-11-6-9-19(25)14-21/h2-11,13-14H,1,12,15-16H2,(H2,26,28,30)(H2,27,29,31). The molecule has 0 aromatic heterocycles. The maximum atomic E-state index is 12.1. The van der Waals surface area contributed by atoms with E-state index in [9.17, 15) is 9.59 Å². The minimum Gasteiger partial charge on any atom is -0.334 e. The number of nitrogens with one attached hydrogen (secondary N) is 4. The van der Waals surface area contributed by atoms with Crippen LogP contribution in [0.25, 0.3) is 0 Å². The van der Waals surface area contributed by atoms with E-state index in [0.29, 0.717) is 35.4 Å². The van der Waals surface area contributed by atoms with Gasteiger partial charge in [0.05, 0.1) is 0 Å². The molecule has 2 rings (SSSR count). The van der Waals surface area contributed by atoms with Gasteiger partial charge in [-0.25, -0.2) is 9.59 Å². The van der Waals surface area contributed by atoms with Gasteiger partial charge in [0.2, 0.25) is 0 Å². The molecule has 0 atom stereocenters. The van der Waals surface area contributed by atoms with E-state index in [1.165, 1.54) is 0 Å². The second-order valence-electron chi connectivity index (χ2n) is 6.35. The minimum atomic E-state index is -0.352. The van der Waals surface area contributed by atoms with E-state index >= 15 is 0 Å². The fraction of sp³-hybridized carbons (Fsp3) is 0.130. The Hall–Kier alpha value is -3.22. The van der Waals surface area contributed by atoms with Crippen molar-refractivity contribution in [3.63, 3.8) is 0 Å². The zero-order valence-corrected chi connectivity index (χ0v) is 18.3. The molecule has 6 nitrogen and oxygen atoms in total. The highest BCUT2D eigenvalue weighted by atomic mass is 35.5. The molecular formula is C23H24Cl2N4O2. The Labute approximate surface area is 192 Å². The van der Waals surface area contributed by atoms with E-state index < -0.39 is 0 Å². The summed E-state index contributed by atoms with van der Waals surface area (Å²) in [7, 11) is 0. The molecule has 0 saturated carbocycles. The molecule has 0 radical (unpaired) electrons. The first-order valence-corrected chi connectivity index (χ1v) is 10.4. The number of urea groups is 2. The maximum Gasteiger partial charge on any atom is 0.319 e. The minimum absolute atomic E-state index is 0.330. The molecule has 31 heavy (non-hydrogen) atoms. The number of halogens is 2. The zero-order chi connectivity index (χ0) is 22.5. The third-order valence-electron chi connectivity index (χ3n) is 3.96. The van der Waals surface area contributed by atoms with Gasteiger partial charge in [0, 0.05) is 35.4 Å². The number of anilines is 1. The molecule has 0 aliphatic carbocycles. The van der Waals surface area contributed by atoms with Crippen LogP contribution in [-0.2, 0) is 13.1 Å². The Morgan fingerprint density at radius 1 is 0.968 bits per heavy atom. The number of amides is 4. The molecule has 0 aliphatic rings. The van der Waals surface area contributed by atoms with Crippen molar-refractivity contribution < 1.29 is 9.59 Å². The quantitative estimate of drug-likeness (QED) is 0.302. The van der Waals surface area contributed by atoms with E-state index in [4.69, 9.17) is 23.2 Å². The summed E-state index contributed by atoms with van der Waals surface area (Å²) in [5.74, 6) is 0.389. The van der Waals surface area contributed by atoms with Crippen molar-refractivity contribution in [2.24, 2.45) is 0 Å². The average Bonchev–Trinajstić information content (AvgIpc) is 2.76. The number of rotatable bonds is 9. The molecule has 4 amide bonds. The predicted molar refractivity (Wildman–Crippen MR) is 127 cm³/mol. The average molecular weight is 459 g/mol. The van der Waals surface area contributed by atoms with Gasteiger partial charge in [-0.05, 0) is 41.5 Å². The summed E-state index contributed by atoms with van der Waals surface area (Å²) in [4.78, 5) is 24.1. The Bertz CT molecular complexity index is 974. The molecule has 0 heterocycles. The Morgan fingerprint density at radius 2 is 1.65 bits per heavy atom. The molecule has 0 saturated heterocycles. The molecule has 2 aromatic carbocycles. The summed E-state index contributed by atoms with van der Waals surface area (Å²) in [5.41, 5.74) is 2.97. The molecular weight excluding hydrogens is 435 g/mol. The van der Waals surface area contributed by atoms with E-state index in [1.807, 2.05) is 24.3 Å². The van der Waals surface area contributed by atoms with Crippen LogP contribution in [0.3, 0.4) is 0 Å². The second kappa shape index (κ2) is 13.2. The lowest BCUT2D eigenvalue weighted by Gasteiger charge is -2.10. The van der Waals surface area contributed by atoms with Crippen LogP contribution in [-0.4, -0.2) is 17.9 Å². The Kier molecular flexibility index (Phi) is 10.2. The fourth-order valence-electron chi connectivity index (χ4n) is 2.51. The number of alkyl halides is 1. The fourth-order valence-corrected chi connectivity index (χ4v) is 2.81. The number of hydrogen-bond acceptors (Lipinski definition) is 2. The molecule has 0 bridgehead atoms. The van der Waals surface area contributed by atoms with E-state index in [-0.39, 0.29) is 12.1 Å². The van der Waals surface area contributed by atoms with Gasteiger partial charge in [0.1, 0.15) is 0 Å². The lowest BCUT2D eigenvalue weighted by molar-refractivity contribution is 0.243. The first-order valence-electron chi connectivity index (χ1n) is 9.48. The van der Waals surface area contributed by atoms with Crippen molar-refractivity contribution in [1.29, 1.82) is 0 Å². The summed E-state index contributed by atoms with van der Waals surface area (Å²) in [6, 6.07) is 13.8. The van der Waals surface area contributed by atoms with Crippen LogP contribution >= 0.6 is 23.2 Å². The van der Waals surface area contributed by atoms with E-state index in [1.54, 1.807) is 48.6 Å². The molecule has 0 fully saturated rings. The number of carbonyl (C=O) groups is 2. The number of hydrogen-bond donors (Lipinski definition) is 4. The van der Waals surface area contributed by atoms with Crippen molar-refractivity contribution in [2.45, 2.75) is 13.1 Å². The van der Waals surface area contributed by atoms with Crippen LogP contribution in [0, 0.1) is 0 Å². The summed E-state index contributed by atoms with van der Waals surface area (Å²) in [6.45, 7) is 4.33. The summed E-state index contributed by atoms with van der Waals surface area (Å²) in [6.07, 6.45) is 6.73. The first-order chi connectivity index (χ1) is 15.0. The third-order valence-corrected chi connectivity index (χ3v) is 4.37. The van der Waals surface area contributed by atoms with Crippen molar-refractivity contribution in [3.05, 3.63) is 101 Å². The summed E-state index contributed by atoms with van der Waals surface area (Å²) < 4.78 is 0. The molecule has 0 unspecified atom stereocenters. The molecule has 0 aliphatic heterocycles. The maximum absolute atomic E-state index is 12.1. The van der Waals surface area contributed by atoms with E-state index in [2.05, 4.69) is 27.8 Å². The van der Waals surface area contributed by atoms with Gasteiger partial charge in [-0.2, -0.15) is 0 Å². The van der Waals surface area contributed by atoms with Gasteiger partial charge in [0.25, 0.3) is 0 Å². The van der Waals surface area contributed by atoms with Crippen LogP contribution in [0.2, 0.25) is 5.02 Å².